The zero-order valence-corrected chi connectivity index (χ0v) is 12.1. The van der Waals surface area contributed by atoms with E-state index in [1.165, 1.54) is 4.68 Å². The number of halogens is 3. The quantitative estimate of drug-likeness (QED) is 0.747. The monoisotopic (exact) mass is 323 g/mol. The number of nitrogens with zero attached hydrogens (tertiary/aromatic N) is 4. The lowest BCUT2D eigenvalue weighted by Crippen LogP contribution is -2.51. The van der Waals surface area contributed by atoms with Crippen molar-refractivity contribution in [3.8, 4) is 11.3 Å². The van der Waals surface area contributed by atoms with Gasteiger partial charge in [-0.15, -0.1) is 0 Å². The van der Waals surface area contributed by atoms with E-state index in [0.717, 1.165) is 17.9 Å². The number of H-pyrrole nitrogens is 1. The first-order chi connectivity index (χ1) is 10.9. The van der Waals surface area contributed by atoms with Gasteiger partial charge >= 0.3 is 6.18 Å². The molecule has 6 nitrogen and oxygen atoms in total. The highest BCUT2D eigenvalue weighted by Crippen LogP contribution is 2.39. The summed E-state index contributed by atoms with van der Waals surface area (Å²) in [5.41, 5.74) is 0.315. The van der Waals surface area contributed by atoms with E-state index in [0.29, 0.717) is 17.0 Å². The van der Waals surface area contributed by atoms with Gasteiger partial charge in [0.25, 0.3) is 0 Å². The molecule has 0 bridgehead atoms. The first kappa shape index (κ1) is 14.2. The standard InChI is InChI=1S/C14H12F3N5O/c1-13(14(15,16)17)7-22-8(6-23-13)4-11(21-22)9-2-3-18-12-10(9)5-19-20-12/h2-5H,6-7H2,1H3,(H,18,19,20). The molecular formula is C14H12F3N5O. The van der Waals surface area contributed by atoms with Gasteiger partial charge in [0.05, 0.1) is 30.7 Å². The van der Waals surface area contributed by atoms with Crippen molar-refractivity contribution in [2.24, 2.45) is 0 Å². The van der Waals surface area contributed by atoms with Crippen molar-refractivity contribution in [2.45, 2.75) is 31.9 Å². The molecule has 0 radical (unpaired) electrons. The Morgan fingerprint density at radius 3 is 3.00 bits per heavy atom. The van der Waals surface area contributed by atoms with E-state index in [2.05, 4.69) is 20.3 Å². The van der Waals surface area contributed by atoms with Crippen LogP contribution in [-0.4, -0.2) is 36.7 Å². The van der Waals surface area contributed by atoms with Gasteiger partial charge < -0.3 is 4.74 Å². The van der Waals surface area contributed by atoms with E-state index in [9.17, 15) is 13.2 Å². The van der Waals surface area contributed by atoms with Gasteiger partial charge in [-0.05, 0) is 19.1 Å². The van der Waals surface area contributed by atoms with Gasteiger partial charge in [0.2, 0.25) is 0 Å². The molecule has 9 heteroatoms. The molecule has 1 aliphatic heterocycles. The third kappa shape index (κ3) is 2.11. The number of alkyl halides is 3. The molecule has 0 saturated heterocycles. The van der Waals surface area contributed by atoms with Crippen LogP contribution < -0.4 is 0 Å². The van der Waals surface area contributed by atoms with Crippen molar-refractivity contribution in [1.29, 1.82) is 0 Å². The zero-order chi connectivity index (χ0) is 16.2. The molecule has 3 aromatic rings. The van der Waals surface area contributed by atoms with Gasteiger partial charge in [0, 0.05) is 17.1 Å². The van der Waals surface area contributed by atoms with E-state index < -0.39 is 11.8 Å². The van der Waals surface area contributed by atoms with Crippen molar-refractivity contribution < 1.29 is 17.9 Å². The van der Waals surface area contributed by atoms with Crippen molar-refractivity contribution in [1.82, 2.24) is 25.0 Å². The van der Waals surface area contributed by atoms with Crippen molar-refractivity contribution in [2.75, 3.05) is 0 Å². The molecule has 1 aliphatic rings. The molecule has 120 valence electrons. The summed E-state index contributed by atoms with van der Waals surface area (Å²) < 4.78 is 45.8. The minimum Gasteiger partial charge on any atom is -0.358 e. The van der Waals surface area contributed by atoms with Crippen LogP contribution in [0.15, 0.2) is 24.5 Å². The van der Waals surface area contributed by atoms with Crippen molar-refractivity contribution in [3.05, 3.63) is 30.2 Å². The molecule has 4 heterocycles. The molecule has 0 saturated carbocycles. The zero-order valence-electron chi connectivity index (χ0n) is 12.1. The molecule has 0 spiro atoms. The van der Waals surface area contributed by atoms with E-state index in [4.69, 9.17) is 4.74 Å². The van der Waals surface area contributed by atoms with Crippen LogP contribution in [0.1, 0.15) is 12.6 Å². The molecule has 3 aromatic heterocycles. The Morgan fingerprint density at radius 2 is 2.22 bits per heavy atom. The number of hydrogen-bond acceptors (Lipinski definition) is 4. The molecule has 0 amide bonds. The third-order valence-electron chi connectivity index (χ3n) is 4.08. The SMILES string of the molecule is CC1(C(F)(F)F)Cn2nc(-c3ccnc4[nH]ncc34)cc2CO1. The molecule has 0 aromatic carbocycles. The summed E-state index contributed by atoms with van der Waals surface area (Å²) in [6.45, 7) is 0.534. The molecule has 1 atom stereocenters. The minimum atomic E-state index is -4.45. The van der Waals surface area contributed by atoms with Crippen LogP contribution in [0.5, 0.6) is 0 Å². The molecule has 23 heavy (non-hydrogen) atoms. The highest BCUT2D eigenvalue weighted by atomic mass is 19.4. The Morgan fingerprint density at radius 1 is 1.39 bits per heavy atom. The number of nitrogens with one attached hydrogen (secondary N) is 1. The second-order valence-corrected chi connectivity index (χ2v) is 5.69. The maximum Gasteiger partial charge on any atom is 0.419 e. The lowest BCUT2D eigenvalue weighted by atomic mass is 10.1. The van der Waals surface area contributed by atoms with Gasteiger partial charge in [-0.1, -0.05) is 0 Å². The maximum absolute atomic E-state index is 13.1. The fourth-order valence-corrected chi connectivity index (χ4v) is 2.65. The highest BCUT2D eigenvalue weighted by molar-refractivity contribution is 5.90. The number of ether oxygens (including phenoxy) is 1. The van der Waals surface area contributed by atoms with Gasteiger partial charge in [-0.3, -0.25) is 9.78 Å². The fraction of sp³-hybridized carbons (Fsp3) is 0.357. The summed E-state index contributed by atoms with van der Waals surface area (Å²) in [7, 11) is 0. The number of rotatable bonds is 1. The Labute approximate surface area is 128 Å². The van der Waals surface area contributed by atoms with Crippen LogP contribution in [0.25, 0.3) is 22.3 Å². The third-order valence-corrected chi connectivity index (χ3v) is 4.08. The summed E-state index contributed by atoms with van der Waals surface area (Å²) >= 11 is 0. The molecule has 4 rings (SSSR count). The first-order valence-corrected chi connectivity index (χ1v) is 6.93. The van der Waals surface area contributed by atoms with Gasteiger partial charge in [0.15, 0.2) is 11.2 Å². The number of aromatic amines is 1. The number of fused-ring (bicyclic) bond motifs is 2. The van der Waals surface area contributed by atoms with Crippen LogP contribution >= 0.6 is 0 Å². The number of aromatic nitrogens is 5. The summed E-state index contributed by atoms with van der Waals surface area (Å²) in [6, 6.07) is 3.49. The Hall–Kier alpha value is -2.42. The average molecular weight is 323 g/mol. The normalized spacial score (nSPS) is 21.6. The van der Waals surface area contributed by atoms with Crippen molar-refractivity contribution in [3.63, 3.8) is 0 Å². The van der Waals surface area contributed by atoms with Crippen LogP contribution in [0.2, 0.25) is 0 Å². The predicted molar refractivity (Wildman–Crippen MR) is 74.4 cm³/mol. The Balaban J connectivity index is 1.77. The fourth-order valence-electron chi connectivity index (χ4n) is 2.65. The number of pyridine rings is 1. The molecule has 0 fully saturated rings. The Bertz CT molecular complexity index is 884. The molecular weight excluding hydrogens is 311 g/mol. The minimum absolute atomic E-state index is 0.136. The predicted octanol–water partition coefficient (Wildman–Crippen LogP) is 2.67. The highest BCUT2D eigenvalue weighted by Gasteiger charge is 2.54. The van der Waals surface area contributed by atoms with Gasteiger partial charge in [0.1, 0.15) is 0 Å². The van der Waals surface area contributed by atoms with Gasteiger partial charge in [-0.2, -0.15) is 23.4 Å². The van der Waals surface area contributed by atoms with Crippen LogP contribution in [0.3, 0.4) is 0 Å². The summed E-state index contributed by atoms with van der Waals surface area (Å²) in [5, 5.41) is 11.8. The molecule has 1 unspecified atom stereocenters. The van der Waals surface area contributed by atoms with E-state index in [1.54, 1.807) is 24.5 Å². The van der Waals surface area contributed by atoms with E-state index in [1.807, 2.05) is 0 Å². The lowest BCUT2D eigenvalue weighted by Gasteiger charge is -2.35. The smallest absolute Gasteiger partial charge is 0.358 e. The molecule has 1 N–H and O–H groups in total. The molecule has 0 aliphatic carbocycles. The van der Waals surface area contributed by atoms with E-state index in [-0.39, 0.29) is 13.2 Å². The maximum atomic E-state index is 13.1. The topological polar surface area (TPSA) is 68.6 Å². The van der Waals surface area contributed by atoms with Crippen LogP contribution in [-0.2, 0) is 17.9 Å². The second kappa shape index (κ2) is 4.54. The van der Waals surface area contributed by atoms with Gasteiger partial charge in [-0.25, -0.2) is 4.98 Å². The first-order valence-electron chi connectivity index (χ1n) is 6.93. The van der Waals surface area contributed by atoms with Crippen LogP contribution in [0, 0.1) is 0 Å². The van der Waals surface area contributed by atoms with Crippen LogP contribution in [0.4, 0.5) is 13.2 Å². The average Bonchev–Trinajstić information content (AvgIpc) is 3.11. The summed E-state index contributed by atoms with van der Waals surface area (Å²) in [4.78, 5) is 4.14. The summed E-state index contributed by atoms with van der Waals surface area (Å²) in [5.74, 6) is 0. The van der Waals surface area contributed by atoms with E-state index >= 15 is 0 Å². The second-order valence-electron chi connectivity index (χ2n) is 5.69. The largest absolute Gasteiger partial charge is 0.419 e. The summed E-state index contributed by atoms with van der Waals surface area (Å²) in [6.07, 6.45) is -1.23. The van der Waals surface area contributed by atoms with Crippen molar-refractivity contribution >= 4 is 11.0 Å². The number of hydrogen-bond donors (Lipinski definition) is 1. The Kier molecular flexibility index (Phi) is 2.80. The lowest BCUT2D eigenvalue weighted by molar-refractivity contribution is -0.287.